The van der Waals surface area contributed by atoms with Gasteiger partial charge in [0, 0.05) is 37.5 Å². The van der Waals surface area contributed by atoms with Crippen molar-refractivity contribution in [2.24, 2.45) is 0 Å². The smallest absolute Gasteiger partial charge is 0.339 e. The fourth-order valence-corrected chi connectivity index (χ4v) is 3.12. The fourth-order valence-electron chi connectivity index (χ4n) is 3.12. The molecule has 6 nitrogen and oxygen atoms in total. The number of likely N-dealkylation sites (tertiary alicyclic amines) is 1. The molecule has 3 aromatic rings. The number of hydrogen-bond acceptors (Lipinski definition) is 5. The lowest BCUT2D eigenvalue weighted by Crippen LogP contribution is -2.24. The third kappa shape index (κ3) is 3.73. The molecule has 1 saturated heterocycles. The summed E-state index contributed by atoms with van der Waals surface area (Å²) in [6.07, 6.45) is -0.906. The van der Waals surface area contributed by atoms with Crippen LogP contribution in [-0.4, -0.2) is 32.5 Å². The maximum absolute atomic E-state index is 12.7. The fraction of sp³-hybridized carbons (Fsp3) is 0.263. The molecule has 0 saturated carbocycles. The summed E-state index contributed by atoms with van der Waals surface area (Å²) in [6.45, 7) is 0.603. The van der Waals surface area contributed by atoms with E-state index in [0.717, 1.165) is 12.1 Å². The van der Waals surface area contributed by atoms with Crippen molar-refractivity contribution in [3.63, 3.8) is 0 Å². The molecule has 0 bridgehead atoms. The van der Waals surface area contributed by atoms with E-state index in [1.807, 2.05) is 0 Å². The molecule has 0 N–H and O–H groups in total. The molecule has 1 unspecified atom stereocenters. The van der Waals surface area contributed by atoms with Crippen molar-refractivity contribution in [2.75, 3.05) is 6.54 Å². The van der Waals surface area contributed by atoms with Gasteiger partial charge in [-0.3, -0.25) is 9.78 Å². The van der Waals surface area contributed by atoms with Gasteiger partial charge in [-0.05, 0) is 29.8 Å². The Hall–Kier alpha value is -3.23. The molecule has 2 aromatic heterocycles. The topological polar surface area (TPSA) is 72.1 Å². The van der Waals surface area contributed by atoms with Crippen LogP contribution in [0.3, 0.4) is 0 Å². The first kappa shape index (κ1) is 18.1. The largest absolute Gasteiger partial charge is 0.416 e. The minimum atomic E-state index is -4.38. The van der Waals surface area contributed by atoms with Gasteiger partial charge in [0.2, 0.25) is 17.6 Å². The number of carbonyl (C=O) groups is 1. The second kappa shape index (κ2) is 7.06. The van der Waals surface area contributed by atoms with E-state index in [1.54, 1.807) is 29.4 Å². The number of amides is 1. The van der Waals surface area contributed by atoms with Crippen LogP contribution in [-0.2, 0) is 17.5 Å². The first-order valence-electron chi connectivity index (χ1n) is 8.58. The number of rotatable bonds is 4. The Morgan fingerprint density at radius 3 is 2.64 bits per heavy atom. The molecule has 0 radical (unpaired) electrons. The summed E-state index contributed by atoms with van der Waals surface area (Å²) in [7, 11) is 0. The van der Waals surface area contributed by atoms with E-state index in [1.165, 1.54) is 12.1 Å². The summed E-state index contributed by atoms with van der Waals surface area (Å²) < 4.78 is 43.3. The number of carbonyl (C=O) groups excluding carboxylic acids is 1. The SMILES string of the molecule is O=C1CC(c2nc(-c3cccnc3)no2)CN1Cc1ccc(C(F)(F)F)cc1. The maximum Gasteiger partial charge on any atom is 0.416 e. The van der Waals surface area contributed by atoms with E-state index in [2.05, 4.69) is 15.1 Å². The highest BCUT2D eigenvalue weighted by molar-refractivity contribution is 5.79. The molecule has 1 aromatic carbocycles. The van der Waals surface area contributed by atoms with Gasteiger partial charge in [0.25, 0.3) is 0 Å². The van der Waals surface area contributed by atoms with Crippen molar-refractivity contribution in [3.8, 4) is 11.4 Å². The highest BCUT2D eigenvalue weighted by Gasteiger charge is 2.35. The van der Waals surface area contributed by atoms with Gasteiger partial charge < -0.3 is 9.42 Å². The Morgan fingerprint density at radius 1 is 1.18 bits per heavy atom. The summed E-state index contributed by atoms with van der Waals surface area (Å²) >= 11 is 0. The van der Waals surface area contributed by atoms with Gasteiger partial charge in [-0.25, -0.2) is 0 Å². The summed E-state index contributed by atoms with van der Waals surface area (Å²) in [6, 6.07) is 8.37. The molecule has 9 heteroatoms. The summed E-state index contributed by atoms with van der Waals surface area (Å²) in [5, 5.41) is 3.94. The molecular formula is C19H15F3N4O2. The van der Waals surface area contributed by atoms with Crippen LogP contribution in [0.4, 0.5) is 13.2 Å². The van der Waals surface area contributed by atoms with Crippen LogP contribution in [0.1, 0.15) is 29.4 Å². The average Bonchev–Trinajstić information content (AvgIpc) is 3.30. The number of benzene rings is 1. The first-order chi connectivity index (χ1) is 13.4. The van der Waals surface area contributed by atoms with Gasteiger partial charge in [0.15, 0.2) is 0 Å². The maximum atomic E-state index is 12.7. The minimum absolute atomic E-state index is 0.106. The molecule has 1 aliphatic heterocycles. The number of pyridine rings is 1. The van der Waals surface area contributed by atoms with Gasteiger partial charge >= 0.3 is 6.18 Å². The third-order valence-electron chi connectivity index (χ3n) is 4.58. The van der Waals surface area contributed by atoms with Gasteiger partial charge in [-0.1, -0.05) is 17.3 Å². The number of nitrogens with zero attached hydrogens (tertiary/aromatic N) is 4. The number of alkyl halides is 3. The predicted octanol–water partition coefficient (Wildman–Crippen LogP) is 3.67. The third-order valence-corrected chi connectivity index (χ3v) is 4.58. The first-order valence-corrected chi connectivity index (χ1v) is 8.58. The molecule has 0 spiro atoms. The highest BCUT2D eigenvalue weighted by atomic mass is 19.4. The Labute approximate surface area is 158 Å². The zero-order valence-electron chi connectivity index (χ0n) is 14.6. The molecule has 1 amide bonds. The molecule has 1 atom stereocenters. The number of halogens is 3. The second-order valence-corrected chi connectivity index (χ2v) is 6.57. The van der Waals surface area contributed by atoms with Crippen molar-refractivity contribution in [2.45, 2.75) is 25.1 Å². The van der Waals surface area contributed by atoms with Crippen molar-refractivity contribution in [3.05, 3.63) is 65.8 Å². The minimum Gasteiger partial charge on any atom is -0.339 e. The van der Waals surface area contributed by atoms with Crippen LogP contribution in [0, 0.1) is 0 Å². The van der Waals surface area contributed by atoms with Gasteiger partial charge in [0.05, 0.1) is 11.5 Å². The summed E-state index contributed by atoms with van der Waals surface area (Å²) in [4.78, 5) is 22.3. The Morgan fingerprint density at radius 2 is 1.96 bits per heavy atom. The van der Waals surface area contributed by atoms with E-state index >= 15 is 0 Å². The van der Waals surface area contributed by atoms with Crippen molar-refractivity contribution in [1.29, 1.82) is 0 Å². The van der Waals surface area contributed by atoms with Crippen LogP contribution in [0.25, 0.3) is 11.4 Å². The summed E-state index contributed by atoms with van der Waals surface area (Å²) in [5.41, 5.74) is 0.627. The lowest BCUT2D eigenvalue weighted by atomic mass is 10.1. The van der Waals surface area contributed by atoms with Gasteiger partial charge in [-0.2, -0.15) is 18.2 Å². The summed E-state index contributed by atoms with van der Waals surface area (Å²) in [5.74, 6) is 0.407. The molecule has 3 heterocycles. The van der Waals surface area contributed by atoms with Crippen LogP contribution in [0.5, 0.6) is 0 Å². The molecule has 1 aliphatic rings. The number of hydrogen-bond donors (Lipinski definition) is 0. The Bertz CT molecular complexity index is 971. The van der Waals surface area contributed by atoms with E-state index in [4.69, 9.17) is 4.52 Å². The van der Waals surface area contributed by atoms with Crippen LogP contribution in [0.2, 0.25) is 0 Å². The Kier molecular flexibility index (Phi) is 4.58. The zero-order chi connectivity index (χ0) is 19.7. The second-order valence-electron chi connectivity index (χ2n) is 6.57. The molecule has 144 valence electrons. The average molecular weight is 388 g/mol. The van der Waals surface area contributed by atoms with E-state index in [-0.39, 0.29) is 24.8 Å². The van der Waals surface area contributed by atoms with E-state index in [9.17, 15) is 18.0 Å². The monoisotopic (exact) mass is 388 g/mol. The highest BCUT2D eigenvalue weighted by Crippen LogP contribution is 2.31. The van der Waals surface area contributed by atoms with E-state index in [0.29, 0.717) is 29.4 Å². The van der Waals surface area contributed by atoms with Crippen LogP contribution in [0.15, 0.2) is 53.3 Å². The van der Waals surface area contributed by atoms with Crippen molar-refractivity contribution < 1.29 is 22.5 Å². The van der Waals surface area contributed by atoms with Crippen LogP contribution >= 0.6 is 0 Å². The molecule has 28 heavy (non-hydrogen) atoms. The lowest BCUT2D eigenvalue weighted by molar-refractivity contribution is -0.137. The van der Waals surface area contributed by atoms with Crippen molar-refractivity contribution in [1.82, 2.24) is 20.0 Å². The number of aromatic nitrogens is 3. The lowest BCUT2D eigenvalue weighted by Gasteiger charge is -2.16. The van der Waals surface area contributed by atoms with Gasteiger partial charge in [0.1, 0.15) is 0 Å². The predicted molar refractivity (Wildman–Crippen MR) is 91.7 cm³/mol. The van der Waals surface area contributed by atoms with Gasteiger partial charge in [-0.15, -0.1) is 0 Å². The molecular weight excluding hydrogens is 373 g/mol. The molecule has 0 aliphatic carbocycles. The normalized spacial score (nSPS) is 17.3. The molecule has 1 fully saturated rings. The zero-order valence-corrected chi connectivity index (χ0v) is 14.6. The van der Waals surface area contributed by atoms with Crippen LogP contribution < -0.4 is 0 Å². The standard InChI is InChI=1S/C19H15F3N4O2/c20-19(21,22)15-5-3-12(4-6-15)10-26-11-14(8-16(26)27)18-24-17(25-28-18)13-2-1-7-23-9-13/h1-7,9,14H,8,10-11H2. The van der Waals surface area contributed by atoms with E-state index < -0.39 is 11.7 Å². The Balaban J connectivity index is 1.44. The molecule has 4 rings (SSSR count). The quantitative estimate of drug-likeness (QED) is 0.682. The van der Waals surface area contributed by atoms with Crippen molar-refractivity contribution >= 4 is 5.91 Å².